The molecule has 0 bridgehead atoms. The number of rotatable bonds is 4. The van der Waals surface area contributed by atoms with Crippen molar-refractivity contribution in [3.05, 3.63) is 35.6 Å². The molecular formula is C12H16FNO. The molecule has 0 aliphatic heterocycles. The second-order valence-electron chi connectivity index (χ2n) is 4.26. The number of hydrogen-bond donors (Lipinski definition) is 1. The molecule has 0 unspecified atom stereocenters. The van der Waals surface area contributed by atoms with Crippen molar-refractivity contribution in [2.45, 2.75) is 20.3 Å². The molecule has 0 fully saturated rings. The van der Waals surface area contributed by atoms with E-state index in [0.29, 0.717) is 18.5 Å². The van der Waals surface area contributed by atoms with Gasteiger partial charge in [-0.15, -0.1) is 0 Å². The van der Waals surface area contributed by atoms with Crippen molar-refractivity contribution in [3.63, 3.8) is 0 Å². The fraction of sp³-hybridized carbons (Fsp3) is 0.417. The minimum Gasteiger partial charge on any atom is -0.330 e. The fourth-order valence-corrected chi connectivity index (χ4v) is 1.49. The van der Waals surface area contributed by atoms with E-state index < -0.39 is 5.41 Å². The summed E-state index contributed by atoms with van der Waals surface area (Å²) in [7, 11) is 0. The molecule has 0 atom stereocenters. The molecule has 0 spiro atoms. The van der Waals surface area contributed by atoms with Crippen molar-refractivity contribution in [2.24, 2.45) is 11.1 Å². The molecule has 1 aromatic rings. The molecule has 2 nitrogen and oxygen atoms in total. The SMILES string of the molecule is CC(C)(CCN)C(=O)c1cccc(F)c1. The van der Waals surface area contributed by atoms with Crippen molar-refractivity contribution in [1.29, 1.82) is 0 Å². The average Bonchev–Trinajstić information content (AvgIpc) is 2.16. The summed E-state index contributed by atoms with van der Waals surface area (Å²) in [6, 6.07) is 5.76. The Morgan fingerprint density at radius 1 is 1.47 bits per heavy atom. The van der Waals surface area contributed by atoms with Gasteiger partial charge in [-0.05, 0) is 25.1 Å². The minimum atomic E-state index is -0.525. The highest BCUT2D eigenvalue weighted by atomic mass is 19.1. The van der Waals surface area contributed by atoms with Crippen LogP contribution in [0.3, 0.4) is 0 Å². The highest BCUT2D eigenvalue weighted by Gasteiger charge is 2.27. The Balaban J connectivity index is 2.94. The summed E-state index contributed by atoms with van der Waals surface area (Å²) in [6.45, 7) is 4.11. The maximum absolute atomic E-state index is 12.9. The van der Waals surface area contributed by atoms with Gasteiger partial charge in [0.15, 0.2) is 5.78 Å². The third-order valence-corrected chi connectivity index (χ3v) is 2.47. The highest BCUT2D eigenvalue weighted by Crippen LogP contribution is 2.25. The molecular weight excluding hydrogens is 193 g/mol. The van der Waals surface area contributed by atoms with E-state index in [1.165, 1.54) is 12.1 Å². The monoisotopic (exact) mass is 209 g/mol. The lowest BCUT2D eigenvalue weighted by Gasteiger charge is -2.22. The first-order chi connectivity index (χ1) is 6.97. The van der Waals surface area contributed by atoms with Crippen molar-refractivity contribution >= 4 is 5.78 Å². The zero-order chi connectivity index (χ0) is 11.5. The van der Waals surface area contributed by atoms with Crippen molar-refractivity contribution in [2.75, 3.05) is 6.54 Å². The van der Waals surface area contributed by atoms with E-state index in [4.69, 9.17) is 5.73 Å². The van der Waals surface area contributed by atoms with Crippen LogP contribution in [0.25, 0.3) is 0 Å². The predicted octanol–water partition coefficient (Wildman–Crippen LogP) is 2.38. The van der Waals surface area contributed by atoms with E-state index in [9.17, 15) is 9.18 Å². The average molecular weight is 209 g/mol. The molecule has 0 saturated carbocycles. The summed E-state index contributed by atoms with van der Waals surface area (Å²) in [5.74, 6) is -0.447. The predicted molar refractivity (Wildman–Crippen MR) is 58.2 cm³/mol. The van der Waals surface area contributed by atoms with E-state index in [1.807, 2.05) is 13.8 Å². The molecule has 0 radical (unpaired) electrons. The topological polar surface area (TPSA) is 43.1 Å². The Kier molecular flexibility index (Phi) is 3.58. The van der Waals surface area contributed by atoms with Crippen LogP contribution < -0.4 is 5.73 Å². The Morgan fingerprint density at radius 3 is 2.67 bits per heavy atom. The lowest BCUT2D eigenvalue weighted by Crippen LogP contribution is -2.27. The quantitative estimate of drug-likeness (QED) is 0.774. The standard InChI is InChI=1S/C12H16FNO/c1-12(2,6-7-14)11(15)9-4-3-5-10(13)8-9/h3-5,8H,6-7,14H2,1-2H3. The van der Waals surface area contributed by atoms with Crippen LogP contribution in [-0.4, -0.2) is 12.3 Å². The van der Waals surface area contributed by atoms with E-state index in [2.05, 4.69) is 0 Å². The van der Waals surface area contributed by atoms with Gasteiger partial charge in [0.05, 0.1) is 0 Å². The Morgan fingerprint density at radius 2 is 2.13 bits per heavy atom. The van der Waals surface area contributed by atoms with Crippen molar-refractivity contribution < 1.29 is 9.18 Å². The summed E-state index contributed by atoms with van der Waals surface area (Å²) in [5.41, 5.74) is 5.32. The largest absolute Gasteiger partial charge is 0.330 e. The van der Waals surface area contributed by atoms with Gasteiger partial charge in [-0.3, -0.25) is 4.79 Å². The van der Waals surface area contributed by atoms with Crippen LogP contribution in [0.1, 0.15) is 30.6 Å². The van der Waals surface area contributed by atoms with E-state index >= 15 is 0 Å². The maximum atomic E-state index is 12.9. The van der Waals surface area contributed by atoms with E-state index in [0.717, 1.165) is 0 Å². The number of carbonyl (C=O) groups excluding carboxylic acids is 1. The summed E-state index contributed by atoms with van der Waals surface area (Å²) in [4.78, 5) is 12.0. The molecule has 0 aliphatic carbocycles. The maximum Gasteiger partial charge on any atom is 0.168 e. The van der Waals surface area contributed by atoms with Crippen LogP contribution in [0.15, 0.2) is 24.3 Å². The zero-order valence-corrected chi connectivity index (χ0v) is 9.09. The van der Waals surface area contributed by atoms with E-state index in [-0.39, 0.29) is 11.6 Å². The Hall–Kier alpha value is -1.22. The van der Waals surface area contributed by atoms with Gasteiger partial charge in [-0.25, -0.2) is 4.39 Å². The van der Waals surface area contributed by atoms with Crippen molar-refractivity contribution in [3.8, 4) is 0 Å². The van der Waals surface area contributed by atoms with Crippen LogP contribution in [0, 0.1) is 11.2 Å². The van der Waals surface area contributed by atoms with Crippen LogP contribution in [-0.2, 0) is 0 Å². The lowest BCUT2D eigenvalue weighted by molar-refractivity contribution is 0.0829. The highest BCUT2D eigenvalue weighted by molar-refractivity contribution is 6.00. The molecule has 0 saturated heterocycles. The molecule has 3 heteroatoms. The summed E-state index contributed by atoms with van der Waals surface area (Å²) in [5, 5.41) is 0. The van der Waals surface area contributed by atoms with E-state index in [1.54, 1.807) is 12.1 Å². The molecule has 0 aromatic heterocycles. The molecule has 0 amide bonds. The third kappa shape index (κ3) is 2.86. The normalized spacial score (nSPS) is 11.5. The second kappa shape index (κ2) is 4.53. The number of nitrogens with two attached hydrogens (primary N) is 1. The minimum absolute atomic E-state index is 0.0625. The van der Waals surface area contributed by atoms with Gasteiger partial charge in [0.2, 0.25) is 0 Å². The van der Waals surface area contributed by atoms with Gasteiger partial charge < -0.3 is 5.73 Å². The zero-order valence-electron chi connectivity index (χ0n) is 9.09. The molecule has 0 heterocycles. The third-order valence-electron chi connectivity index (χ3n) is 2.47. The summed E-state index contributed by atoms with van der Waals surface area (Å²) >= 11 is 0. The van der Waals surface area contributed by atoms with Gasteiger partial charge in [0.1, 0.15) is 5.82 Å². The lowest BCUT2D eigenvalue weighted by atomic mass is 9.81. The Bertz CT molecular complexity index is 360. The first-order valence-corrected chi connectivity index (χ1v) is 4.98. The number of carbonyl (C=O) groups is 1. The van der Waals surface area contributed by atoms with Crippen LogP contribution in [0.2, 0.25) is 0 Å². The molecule has 1 rings (SSSR count). The molecule has 1 aromatic carbocycles. The number of benzene rings is 1. The van der Waals surface area contributed by atoms with Gasteiger partial charge in [0.25, 0.3) is 0 Å². The van der Waals surface area contributed by atoms with Crippen molar-refractivity contribution in [1.82, 2.24) is 0 Å². The van der Waals surface area contributed by atoms with Gasteiger partial charge in [-0.2, -0.15) is 0 Å². The van der Waals surface area contributed by atoms with Gasteiger partial charge >= 0.3 is 0 Å². The van der Waals surface area contributed by atoms with Gasteiger partial charge in [0, 0.05) is 11.0 Å². The van der Waals surface area contributed by atoms with Crippen LogP contribution in [0.4, 0.5) is 4.39 Å². The first kappa shape index (κ1) is 11.9. The summed E-state index contributed by atoms with van der Waals surface area (Å²) < 4.78 is 12.9. The van der Waals surface area contributed by atoms with Crippen LogP contribution >= 0.6 is 0 Å². The summed E-state index contributed by atoms with van der Waals surface area (Å²) in [6.07, 6.45) is 0.600. The Labute approximate surface area is 89.3 Å². The van der Waals surface area contributed by atoms with Crippen LogP contribution in [0.5, 0.6) is 0 Å². The second-order valence-corrected chi connectivity index (χ2v) is 4.26. The molecule has 0 aliphatic rings. The first-order valence-electron chi connectivity index (χ1n) is 4.98. The number of halogens is 1. The smallest absolute Gasteiger partial charge is 0.168 e. The molecule has 2 N–H and O–H groups in total. The molecule has 82 valence electrons. The number of ketones is 1. The fourth-order valence-electron chi connectivity index (χ4n) is 1.49. The number of Topliss-reactive ketones (excluding diaryl/α,β-unsaturated/α-hetero) is 1. The van der Waals surface area contributed by atoms with Gasteiger partial charge in [-0.1, -0.05) is 26.0 Å². The number of hydrogen-bond acceptors (Lipinski definition) is 2. The molecule has 15 heavy (non-hydrogen) atoms.